The van der Waals surface area contributed by atoms with E-state index in [2.05, 4.69) is 10.3 Å². The SMILES string of the molecule is CS(=O)(=O)N1CCCC(Cn2cc(CCCCl)nn2)C1. The third kappa shape index (κ3) is 4.43. The Balaban J connectivity index is 1.91. The summed E-state index contributed by atoms with van der Waals surface area (Å²) in [4.78, 5) is 0. The molecule has 1 atom stereocenters. The molecule has 2 heterocycles. The summed E-state index contributed by atoms with van der Waals surface area (Å²) in [5.41, 5.74) is 0.946. The molecule has 0 saturated carbocycles. The zero-order valence-electron chi connectivity index (χ0n) is 11.7. The van der Waals surface area contributed by atoms with Crippen LogP contribution in [0.2, 0.25) is 0 Å². The number of hydrogen-bond acceptors (Lipinski definition) is 4. The quantitative estimate of drug-likeness (QED) is 0.737. The van der Waals surface area contributed by atoms with Gasteiger partial charge in [0.05, 0.1) is 11.9 Å². The van der Waals surface area contributed by atoms with Gasteiger partial charge in [0.2, 0.25) is 10.0 Å². The molecule has 0 radical (unpaired) electrons. The Bertz CT molecular complexity index is 531. The maximum atomic E-state index is 11.6. The van der Waals surface area contributed by atoms with Gasteiger partial charge in [-0.1, -0.05) is 5.21 Å². The number of aryl methyl sites for hydroxylation is 1. The lowest BCUT2D eigenvalue weighted by molar-refractivity contribution is 0.239. The lowest BCUT2D eigenvalue weighted by atomic mass is 10.00. The van der Waals surface area contributed by atoms with E-state index in [0.717, 1.165) is 37.9 Å². The highest BCUT2D eigenvalue weighted by molar-refractivity contribution is 7.88. The van der Waals surface area contributed by atoms with Crippen molar-refractivity contribution < 1.29 is 8.42 Å². The third-order valence-electron chi connectivity index (χ3n) is 3.55. The van der Waals surface area contributed by atoms with Gasteiger partial charge < -0.3 is 0 Å². The van der Waals surface area contributed by atoms with Crippen LogP contribution >= 0.6 is 11.6 Å². The molecule has 20 heavy (non-hydrogen) atoms. The van der Waals surface area contributed by atoms with Gasteiger partial charge in [0.25, 0.3) is 0 Å². The molecule has 1 aliphatic heterocycles. The highest BCUT2D eigenvalue weighted by Crippen LogP contribution is 2.20. The Morgan fingerprint density at radius 3 is 3.00 bits per heavy atom. The first-order valence-corrected chi connectivity index (χ1v) is 9.27. The van der Waals surface area contributed by atoms with Crippen LogP contribution < -0.4 is 0 Å². The summed E-state index contributed by atoms with van der Waals surface area (Å²) in [5.74, 6) is 0.930. The van der Waals surface area contributed by atoms with Crippen molar-refractivity contribution in [1.29, 1.82) is 0 Å². The smallest absolute Gasteiger partial charge is 0.211 e. The number of sulfonamides is 1. The van der Waals surface area contributed by atoms with Crippen molar-refractivity contribution in [3.05, 3.63) is 11.9 Å². The Hall–Kier alpha value is -0.660. The number of nitrogens with zero attached hydrogens (tertiary/aromatic N) is 4. The van der Waals surface area contributed by atoms with Crippen molar-refractivity contribution >= 4 is 21.6 Å². The van der Waals surface area contributed by atoms with Crippen LogP contribution in [0.3, 0.4) is 0 Å². The summed E-state index contributed by atoms with van der Waals surface area (Å²) < 4.78 is 26.6. The molecular formula is C12H21ClN4O2S. The zero-order chi connectivity index (χ0) is 14.6. The molecule has 114 valence electrons. The van der Waals surface area contributed by atoms with Crippen LogP contribution in [0.25, 0.3) is 0 Å². The Labute approximate surface area is 125 Å². The molecule has 0 aliphatic carbocycles. The molecule has 2 rings (SSSR count). The minimum absolute atomic E-state index is 0.307. The highest BCUT2D eigenvalue weighted by Gasteiger charge is 2.26. The first-order chi connectivity index (χ1) is 9.49. The molecule has 0 aromatic carbocycles. The molecule has 1 saturated heterocycles. The lowest BCUT2D eigenvalue weighted by Gasteiger charge is -2.30. The number of hydrogen-bond donors (Lipinski definition) is 0. The van der Waals surface area contributed by atoms with Crippen molar-refractivity contribution in [2.24, 2.45) is 5.92 Å². The molecular weight excluding hydrogens is 300 g/mol. The molecule has 6 nitrogen and oxygen atoms in total. The van der Waals surface area contributed by atoms with Crippen molar-refractivity contribution in [2.45, 2.75) is 32.2 Å². The maximum absolute atomic E-state index is 11.6. The largest absolute Gasteiger partial charge is 0.252 e. The number of piperidine rings is 1. The van der Waals surface area contributed by atoms with Crippen LogP contribution in [0, 0.1) is 5.92 Å². The van der Waals surface area contributed by atoms with E-state index in [1.165, 1.54) is 6.26 Å². The van der Waals surface area contributed by atoms with Gasteiger partial charge in [-0.15, -0.1) is 16.7 Å². The van der Waals surface area contributed by atoms with Crippen LogP contribution in [-0.2, 0) is 23.0 Å². The predicted octanol–water partition coefficient (Wildman–Crippen LogP) is 1.12. The van der Waals surface area contributed by atoms with Crippen molar-refractivity contribution in [1.82, 2.24) is 19.3 Å². The Morgan fingerprint density at radius 1 is 1.50 bits per heavy atom. The lowest BCUT2D eigenvalue weighted by Crippen LogP contribution is -2.40. The Kier molecular flexibility index (Phi) is 5.40. The van der Waals surface area contributed by atoms with E-state index < -0.39 is 10.0 Å². The summed E-state index contributed by atoms with van der Waals surface area (Å²) in [6.07, 6.45) is 6.88. The fraction of sp³-hybridized carbons (Fsp3) is 0.833. The fourth-order valence-electron chi connectivity index (χ4n) is 2.53. The highest BCUT2D eigenvalue weighted by atomic mass is 35.5. The minimum atomic E-state index is -3.08. The fourth-order valence-corrected chi connectivity index (χ4v) is 3.61. The molecule has 0 amide bonds. The Morgan fingerprint density at radius 2 is 2.30 bits per heavy atom. The molecule has 1 aromatic rings. The average molecular weight is 321 g/mol. The van der Waals surface area contributed by atoms with E-state index in [0.29, 0.717) is 24.9 Å². The topological polar surface area (TPSA) is 68.1 Å². The first kappa shape index (κ1) is 15.7. The normalized spacial score (nSPS) is 21.2. The van der Waals surface area contributed by atoms with Gasteiger partial charge in [-0.25, -0.2) is 12.7 Å². The molecule has 0 bridgehead atoms. The van der Waals surface area contributed by atoms with Gasteiger partial charge in [-0.3, -0.25) is 4.68 Å². The summed E-state index contributed by atoms with van der Waals surface area (Å²) in [5, 5.41) is 8.22. The van der Waals surface area contributed by atoms with Gasteiger partial charge in [0, 0.05) is 31.7 Å². The van der Waals surface area contributed by atoms with Gasteiger partial charge in [-0.2, -0.15) is 0 Å². The zero-order valence-corrected chi connectivity index (χ0v) is 13.3. The first-order valence-electron chi connectivity index (χ1n) is 6.89. The predicted molar refractivity (Wildman–Crippen MR) is 78.2 cm³/mol. The second-order valence-corrected chi connectivity index (χ2v) is 7.71. The molecule has 8 heteroatoms. The minimum Gasteiger partial charge on any atom is -0.252 e. The van der Waals surface area contributed by atoms with Crippen LogP contribution in [0.1, 0.15) is 25.0 Å². The van der Waals surface area contributed by atoms with Gasteiger partial charge in [0.1, 0.15) is 0 Å². The van der Waals surface area contributed by atoms with Gasteiger partial charge in [0.15, 0.2) is 0 Å². The molecule has 0 N–H and O–H groups in total. The van der Waals surface area contributed by atoms with Crippen molar-refractivity contribution in [3.63, 3.8) is 0 Å². The van der Waals surface area contributed by atoms with Crippen molar-refractivity contribution in [3.8, 4) is 0 Å². The standard InChI is InChI=1S/C12H21ClN4O2S/c1-20(18,19)17-7-3-4-11(9-17)8-16-10-12(14-15-16)5-2-6-13/h10-11H,2-9H2,1H3. The van der Waals surface area contributed by atoms with E-state index in [1.807, 2.05) is 10.9 Å². The summed E-state index contributed by atoms with van der Waals surface area (Å²) >= 11 is 5.66. The summed E-state index contributed by atoms with van der Waals surface area (Å²) in [6, 6.07) is 0. The number of halogens is 1. The third-order valence-corrected chi connectivity index (χ3v) is 5.09. The molecule has 1 unspecified atom stereocenters. The van der Waals surface area contributed by atoms with E-state index in [1.54, 1.807) is 4.31 Å². The second kappa shape index (κ2) is 6.87. The number of aromatic nitrogens is 3. The molecule has 1 fully saturated rings. The van der Waals surface area contributed by atoms with Crippen LogP contribution in [0.4, 0.5) is 0 Å². The van der Waals surface area contributed by atoms with Crippen molar-refractivity contribution in [2.75, 3.05) is 25.2 Å². The van der Waals surface area contributed by atoms with E-state index in [9.17, 15) is 8.42 Å². The summed E-state index contributed by atoms with van der Waals surface area (Å²) in [6.45, 7) is 1.93. The van der Waals surface area contributed by atoms with Crippen LogP contribution in [-0.4, -0.2) is 52.9 Å². The van der Waals surface area contributed by atoms with E-state index in [4.69, 9.17) is 11.6 Å². The average Bonchev–Trinajstić information content (AvgIpc) is 2.83. The molecule has 0 spiro atoms. The summed E-state index contributed by atoms with van der Waals surface area (Å²) in [7, 11) is -3.08. The maximum Gasteiger partial charge on any atom is 0.211 e. The van der Waals surface area contributed by atoms with Crippen LogP contribution in [0.5, 0.6) is 0 Å². The molecule has 1 aliphatic rings. The van der Waals surface area contributed by atoms with Gasteiger partial charge >= 0.3 is 0 Å². The van der Waals surface area contributed by atoms with Gasteiger partial charge in [-0.05, 0) is 31.6 Å². The molecule has 1 aromatic heterocycles. The van der Waals surface area contributed by atoms with Crippen LogP contribution in [0.15, 0.2) is 6.20 Å². The van der Waals surface area contributed by atoms with E-state index in [-0.39, 0.29) is 0 Å². The second-order valence-electron chi connectivity index (χ2n) is 5.35. The monoisotopic (exact) mass is 320 g/mol. The number of rotatable bonds is 6. The van der Waals surface area contributed by atoms with E-state index >= 15 is 0 Å². The number of alkyl halides is 1.